The summed E-state index contributed by atoms with van der Waals surface area (Å²) in [5.74, 6) is 0.241. The summed E-state index contributed by atoms with van der Waals surface area (Å²) >= 11 is 3.43. The van der Waals surface area contributed by atoms with E-state index in [-0.39, 0.29) is 12.2 Å². The largest absolute Gasteiger partial charge is 0.506 e. The summed E-state index contributed by atoms with van der Waals surface area (Å²) in [4.78, 5) is 10.8. The minimum atomic E-state index is -0.805. The molecule has 1 atom stereocenters. The minimum Gasteiger partial charge on any atom is -0.506 e. The van der Waals surface area contributed by atoms with E-state index in [1.165, 1.54) is 0 Å². The molecule has 5 heteroatoms. The molecular weight excluding hydrogens is 324 g/mol. The van der Waals surface area contributed by atoms with Crippen LogP contribution in [0.25, 0.3) is 0 Å². The average Bonchev–Trinajstić information content (AvgIpc) is 2.41. The first-order valence-corrected chi connectivity index (χ1v) is 7.46. The third-order valence-corrected chi connectivity index (χ3v) is 4.98. The quantitative estimate of drug-likeness (QED) is 0.878. The molecule has 0 saturated carbocycles. The first kappa shape index (κ1) is 15.2. The summed E-state index contributed by atoms with van der Waals surface area (Å²) in [5, 5.41) is 18.9. The van der Waals surface area contributed by atoms with E-state index in [4.69, 9.17) is 9.84 Å². The van der Waals surface area contributed by atoms with Crippen LogP contribution in [0.2, 0.25) is 0 Å². The molecule has 110 valence electrons. The highest BCUT2D eigenvalue weighted by Gasteiger charge is 2.35. The van der Waals surface area contributed by atoms with Crippen molar-refractivity contribution < 1.29 is 19.7 Å². The summed E-state index contributed by atoms with van der Waals surface area (Å²) in [7, 11) is 0. The Balaban J connectivity index is 2.37. The zero-order chi connectivity index (χ0) is 15.1. The van der Waals surface area contributed by atoms with Crippen molar-refractivity contribution in [2.45, 2.75) is 52.1 Å². The van der Waals surface area contributed by atoms with Gasteiger partial charge >= 0.3 is 5.97 Å². The van der Waals surface area contributed by atoms with Crippen molar-refractivity contribution in [3.63, 3.8) is 0 Å². The van der Waals surface area contributed by atoms with Gasteiger partial charge in [0, 0.05) is 12.0 Å². The molecule has 1 aliphatic heterocycles. The Labute approximate surface area is 126 Å². The molecule has 2 N–H and O–H groups in total. The summed E-state index contributed by atoms with van der Waals surface area (Å²) in [6, 6.07) is 0. The van der Waals surface area contributed by atoms with Gasteiger partial charge in [0.05, 0.1) is 4.47 Å². The van der Waals surface area contributed by atoms with Crippen LogP contribution in [0.3, 0.4) is 0 Å². The van der Waals surface area contributed by atoms with Gasteiger partial charge in [-0.25, -0.2) is 0 Å². The lowest BCUT2D eigenvalue weighted by Crippen LogP contribution is -2.37. The van der Waals surface area contributed by atoms with Crippen LogP contribution in [0.4, 0.5) is 0 Å². The second-order valence-electron chi connectivity index (χ2n) is 5.67. The Morgan fingerprint density at radius 3 is 2.65 bits per heavy atom. The Bertz CT molecular complexity index is 568. The van der Waals surface area contributed by atoms with Gasteiger partial charge in [-0.1, -0.05) is 0 Å². The highest BCUT2D eigenvalue weighted by Crippen LogP contribution is 2.46. The SMILES string of the molecule is Cc1c(C)c2c(c(Br)c1O)CCC(C)(CCC(=O)O)O2. The number of phenols is 1. The molecule has 0 bridgehead atoms. The lowest BCUT2D eigenvalue weighted by Gasteiger charge is -2.37. The Hall–Kier alpha value is -1.23. The Morgan fingerprint density at radius 2 is 2.05 bits per heavy atom. The number of aromatic hydroxyl groups is 1. The van der Waals surface area contributed by atoms with Gasteiger partial charge in [-0.15, -0.1) is 0 Å². The summed E-state index contributed by atoms with van der Waals surface area (Å²) < 4.78 is 6.80. The van der Waals surface area contributed by atoms with E-state index in [1.807, 2.05) is 20.8 Å². The molecule has 0 saturated heterocycles. The monoisotopic (exact) mass is 342 g/mol. The smallest absolute Gasteiger partial charge is 0.303 e. The number of carboxylic acid groups (broad SMARTS) is 1. The van der Waals surface area contributed by atoms with Crippen molar-refractivity contribution in [2.24, 2.45) is 0 Å². The van der Waals surface area contributed by atoms with Gasteiger partial charge in [-0.05, 0) is 67.1 Å². The molecule has 1 aromatic carbocycles. The molecule has 1 unspecified atom stereocenters. The fraction of sp³-hybridized carbons (Fsp3) is 0.533. The number of halogens is 1. The highest BCUT2D eigenvalue weighted by molar-refractivity contribution is 9.10. The molecule has 0 spiro atoms. The summed E-state index contributed by atoms with van der Waals surface area (Å²) in [6.07, 6.45) is 2.09. The van der Waals surface area contributed by atoms with Crippen molar-refractivity contribution >= 4 is 21.9 Å². The molecule has 1 aliphatic rings. The van der Waals surface area contributed by atoms with Crippen LogP contribution in [-0.2, 0) is 11.2 Å². The van der Waals surface area contributed by atoms with E-state index < -0.39 is 11.6 Å². The molecule has 0 aliphatic carbocycles. The van der Waals surface area contributed by atoms with E-state index in [0.29, 0.717) is 10.9 Å². The average molecular weight is 343 g/mol. The van der Waals surface area contributed by atoms with Gasteiger partial charge in [0.15, 0.2) is 0 Å². The van der Waals surface area contributed by atoms with Crippen LogP contribution in [0.5, 0.6) is 11.5 Å². The first-order chi connectivity index (χ1) is 9.25. The topological polar surface area (TPSA) is 66.8 Å². The van der Waals surface area contributed by atoms with Gasteiger partial charge < -0.3 is 14.9 Å². The predicted octanol–water partition coefficient (Wildman–Crippen LogP) is 3.72. The number of benzene rings is 1. The summed E-state index contributed by atoms with van der Waals surface area (Å²) in [6.45, 7) is 5.72. The van der Waals surface area contributed by atoms with Crippen LogP contribution in [-0.4, -0.2) is 21.8 Å². The molecule has 1 aromatic rings. The molecule has 0 radical (unpaired) electrons. The summed E-state index contributed by atoms with van der Waals surface area (Å²) in [5.41, 5.74) is 2.22. The van der Waals surface area contributed by atoms with E-state index >= 15 is 0 Å². The first-order valence-electron chi connectivity index (χ1n) is 6.66. The second-order valence-corrected chi connectivity index (χ2v) is 6.46. The molecule has 0 fully saturated rings. The molecule has 1 heterocycles. The predicted molar refractivity (Wildman–Crippen MR) is 79.5 cm³/mol. The molecule has 2 rings (SSSR count). The van der Waals surface area contributed by atoms with E-state index in [0.717, 1.165) is 35.3 Å². The number of phenolic OH excluding ortho intramolecular Hbond substituents is 1. The molecule has 20 heavy (non-hydrogen) atoms. The number of rotatable bonds is 3. The number of hydrogen-bond donors (Lipinski definition) is 2. The van der Waals surface area contributed by atoms with Gasteiger partial charge in [0.1, 0.15) is 17.1 Å². The van der Waals surface area contributed by atoms with Crippen LogP contribution in [0.1, 0.15) is 42.9 Å². The lowest BCUT2D eigenvalue weighted by atomic mass is 9.87. The standard InChI is InChI=1S/C15H19BrO4/c1-8-9(2)14-10(12(16)13(8)19)4-6-15(3,20-14)7-5-11(17)18/h19H,4-7H2,1-3H3,(H,17,18). The van der Waals surface area contributed by atoms with Crippen molar-refractivity contribution in [3.05, 3.63) is 21.2 Å². The molecular formula is C15H19BrO4. The number of aliphatic carboxylic acids is 1. The third-order valence-electron chi connectivity index (χ3n) is 4.13. The van der Waals surface area contributed by atoms with Crippen LogP contribution < -0.4 is 4.74 Å². The molecule has 0 aromatic heterocycles. The zero-order valence-corrected chi connectivity index (χ0v) is 13.5. The van der Waals surface area contributed by atoms with E-state index in [2.05, 4.69) is 15.9 Å². The van der Waals surface area contributed by atoms with Crippen LogP contribution in [0, 0.1) is 13.8 Å². The van der Waals surface area contributed by atoms with E-state index in [1.54, 1.807) is 0 Å². The molecule has 4 nitrogen and oxygen atoms in total. The highest BCUT2D eigenvalue weighted by atomic mass is 79.9. The Kier molecular flexibility index (Phi) is 4.00. The van der Waals surface area contributed by atoms with E-state index in [9.17, 15) is 9.90 Å². The number of ether oxygens (including phenoxy) is 1. The Morgan fingerprint density at radius 1 is 1.40 bits per heavy atom. The number of fused-ring (bicyclic) bond motifs is 1. The maximum absolute atomic E-state index is 10.8. The fourth-order valence-electron chi connectivity index (χ4n) is 2.58. The zero-order valence-electron chi connectivity index (χ0n) is 11.9. The number of hydrogen-bond acceptors (Lipinski definition) is 3. The number of carboxylic acids is 1. The van der Waals surface area contributed by atoms with Crippen molar-refractivity contribution in [3.8, 4) is 11.5 Å². The van der Waals surface area contributed by atoms with Crippen molar-refractivity contribution in [1.82, 2.24) is 0 Å². The van der Waals surface area contributed by atoms with Gasteiger partial charge in [-0.3, -0.25) is 4.79 Å². The number of carbonyl (C=O) groups is 1. The van der Waals surface area contributed by atoms with Crippen LogP contribution in [0.15, 0.2) is 4.47 Å². The van der Waals surface area contributed by atoms with Gasteiger partial charge in [0.2, 0.25) is 0 Å². The van der Waals surface area contributed by atoms with Crippen molar-refractivity contribution in [2.75, 3.05) is 0 Å². The van der Waals surface area contributed by atoms with Crippen molar-refractivity contribution in [1.29, 1.82) is 0 Å². The fourth-order valence-corrected chi connectivity index (χ4v) is 3.25. The normalized spacial score (nSPS) is 21.2. The van der Waals surface area contributed by atoms with Gasteiger partial charge in [-0.2, -0.15) is 0 Å². The maximum Gasteiger partial charge on any atom is 0.303 e. The second kappa shape index (κ2) is 5.28. The van der Waals surface area contributed by atoms with Gasteiger partial charge in [0.25, 0.3) is 0 Å². The lowest BCUT2D eigenvalue weighted by molar-refractivity contribution is -0.138. The third kappa shape index (κ3) is 2.64. The maximum atomic E-state index is 10.8. The van der Waals surface area contributed by atoms with Crippen LogP contribution >= 0.6 is 15.9 Å². The molecule has 0 amide bonds. The minimum absolute atomic E-state index is 0.100.